The molecule has 0 atom stereocenters. The number of nitrogens with one attached hydrogen (secondary N) is 3. The van der Waals surface area contributed by atoms with Gasteiger partial charge in [-0.25, -0.2) is 24.4 Å². The second kappa shape index (κ2) is 6.75. The molecule has 0 radical (unpaired) electrons. The van der Waals surface area contributed by atoms with Gasteiger partial charge in [0.2, 0.25) is 16.0 Å². The Bertz CT molecular complexity index is 771. The molecule has 0 bridgehead atoms. The fraction of sp³-hybridized carbons (Fsp3) is 0.167. The van der Waals surface area contributed by atoms with Crippen LogP contribution in [0, 0.1) is 0 Å². The Labute approximate surface area is 133 Å². The summed E-state index contributed by atoms with van der Waals surface area (Å²) >= 11 is 0. The Morgan fingerprint density at radius 3 is 2.17 bits per heavy atom. The number of nitrogens with two attached hydrogens (primary N) is 2. The van der Waals surface area contributed by atoms with Crippen LogP contribution in [-0.2, 0) is 10.0 Å². The highest BCUT2D eigenvalue weighted by molar-refractivity contribution is 7.89. The number of rotatable bonds is 6. The molecule has 0 saturated heterocycles. The molecule has 2 rings (SSSR count). The van der Waals surface area contributed by atoms with E-state index in [1.807, 2.05) is 0 Å². The average Bonchev–Trinajstić information content (AvgIpc) is 2.54. The third-order valence-corrected chi connectivity index (χ3v) is 4.70. The Hall–Kier alpha value is -2.47. The SMILES string of the molecule is CN(C)S(=O)(=O)c1cccc(Nc2nc(NN)cc(NN)n2)c1. The van der Waals surface area contributed by atoms with E-state index in [0.717, 1.165) is 4.31 Å². The van der Waals surface area contributed by atoms with Gasteiger partial charge in [0.05, 0.1) is 4.90 Å². The van der Waals surface area contributed by atoms with Crippen LogP contribution < -0.4 is 27.9 Å². The zero-order valence-electron chi connectivity index (χ0n) is 12.6. The molecular formula is C12H18N8O2S. The summed E-state index contributed by atoms with van der Waals surface area (Å²) in [6.07, 6.45) is 0. The predicted octanol–water partition coefficient (Wildman–Crippen LogP) is 0.0417. The normalized spacial score (nSPS) is 11.3. The molecule has 0 aliphatic carbocycles. The van der Waals surface area contributed by atoms with Crippen molar-refractivity contribution < 1.29 is 8.42 Å². The van der Waals surface area contributed by atoms with E-state index in [-0.39, 0.29) is 10.8 Å². The Morgan fingerprint density at radius 1 is 1.04 bits per heavy atom. The van der Waals surface area contributed by atoms with Gasteiger partial charge in [0.15, 0.2) is 0 Å². The van der Waals surface area contributed by atoms with Crippen molar-refractivity contribution in [2.45, 2.75) is 4.90 Å². The van der Waals surface area contributed by atoms with Crippen LogP contribution in [0.15, 0.2) is 35.2 Å². The van der Waals surface area contributed by atoms with Gasteiger partial charge in [-0.05, 0) is 18.2 Å². The van der Waals surface area contributed by atoms with Crippen LogP contribution in [0.1, 0.15) is 0 Å². The summed E-state index contributed by atoms with van der Waals surface area (Å²) in [5.41, 5.74) is 5.28. The topological polar surface area (TPSA) is 151 Å². The zero-order valence-corrected chi connectivity index (χ0v) is 13.4. The molecule has 0 saturated carbocycles. The minimum atomic E-state index is -3.53. The van der Waals surface area contributed by atoms with Crippen molar-refractivity contribution in [3.05, 3.63) is 30.3 Å². The van der Waals surface area contributed by atoms with Gasteiger partial charge in [-0.1, -0.05) is 6.07 Å². The van der Waals surface area contributed by atoms with E-state index in [1.54, 1.807) is 12.1 Å². The summed E-state index contributed by atoms with van der Waals surface area (Å²) in [6, 6.07) is 7.81. The van der Waals surface area contributed by atoms with Gasteiger partial charge in [0.25, 0.3) is 0 Å². The van der Waals surface area contributed by atoms with Crippen molar-refractivity contribution in [2.24, 2.45) is 11.7 Å². The van der Waals surface area contributed by atoms with E-state index in [9.17, 15) is 8.42 Å². The Morgan fingerprint density at radius 2 is 1.65 bits per heavy atom. The Balaban J connectivity index is 2.35. The molecule has 0 amide bonds. The second-order valence-electron chi connectivity index (χ2n) is 4.69. The van der Waals surface area contributed by atoms with Crippen LogP contribution in [0.3, 0.4) is 0 Å². The third-order valence-electron chi connectivity index (χ3n) is 2.89. The number of nitrogens with zero attached hydrogens (tertiary/aromatic N) is 3. The van der Waals surface area contributed by atoms with Gasteiger partial charge in [-0.2, -0.15) is 9.97 Å². The first-order valence-corrected chi connectivity index (χ1v) is 7.93. The highest BCUT2D eigenvalue weighted by atomic mass is 32.2. The molecule has 10 nitrogen and oxygen atoms in total. The lowest BCUT2D eigenvalue weighted by atomic mass is 10.3. The number of benzene rings is 1. The molecule has 23 heavy (non-hydrogen) atoms. The number of sulfonamides is 1. The summed E-state index contributed by atoms with van der Waals surface area (Å²) in [4.78, 5) is 8.37. The van der Waals surface area contributed by atoms with Crippen LogP contribution in [0.2, 0.25) is 0 Å². The summed E-state index contributed by atoms with van der Waals surface area (Å²) in [7, 11) is -0.597. The molecule has 0 aliphatic rings. The summed E-state index contributed by atoms with van der Waals surface area (Å²) in [6.45, 7) is 0. The van der Waals surface area contributed by atoms with Gasteiger partial charge in [0, 0.05) is 25.8 Å². The Kier molecular flexibility index (Phi) is 4.95. The van der Waals surface area contributed by atoms with Crippen LogP contribution in [0.25, 0.3) is 0 Å². The van der Waals surface area contributed by atoms with E-state index >= 15 is 0 Å². The van der Waals surface area contributed by atoms with E-state index in [1.165, 1.54) is 32.3 Å². The molecule has 7 N–H and O–H groups in total. The molecule has 1 heterocycles. The average molecular weight is 338 g/mol. The first-order valence-electron chi connectivity index (χ1n) is 6.48. The quantitative estimate of drug-likeness (QED) is 0.363. The van der Waals surface area contributed by atoms with Gasteiger partial charge in [-0.3, -0.25) is 0 Å². The fourth-order valence-electron chi connectivity index (χ4n) is 1.73. The van der Waals surface area contributed by atoms with E-state index in [4.69, 9.17) is 11.7 Å². The van der Waals surface area contributed by atoms with Crippen LogP contribution in [-0.4, -0.2) is 36.8 Å². The largest absolute Gasteiger partial charge is 0.324 e. The van der Waals surface area contributed by atoms with E-state index in [2.05, 4.69) is 26.1 Å². The summed E-state index contributed by atoms with van der Waals surface area (Å²) in [5.74, 6) is 11.5. The monoisotopic (exact) mass is 338 g/mol. The number of hydrogen-bond acceptors (Lipinski definition) is 9. The number of aromatic nitrogens is 2. The molecule has 0 unspecified atom stereocenters. The zero-order chi connectivity index (χ0) is 17.0. The lowest BCUT2D eigenvalue weighted by molar-refractivity contribution is 0.521. The smallest absolute Gasteiger partial charge is 0.242 e. The van der Waals surface area contributed by atoms with Crippen molar-refractivity contribution in [1.29, 1.82) is 0 Å². The first kappa shape index (κ1) is 16.9. The highest BCUT2D eigenvalue weighted by Gasteiger charge is 2.17. The van der Waals surface area contributed by atoms with Gasteiger partial charge in [-0.15, -0.1) is 0 Å². The maximum Gasteiger partial charge on any atom is 0.242 e. The van der Waals surface area contributed by atoms with Crippen LogP contribution >= 0.6 is 0 Å². The number of anilines is 4. The maximum atomic E-state index is 12.2. The summed E-state index contributed by atoms with van der Waals surface area (Å²) in [5, 5.41) is 2.91. The summed E-state index contributed by atoms with van der Waals surface area (Å²) < 4.78 is 25.4. The second-order valence-corrected chi connectivity index (χ2v) is 6.84. The molecule has 1 aromatic heterocycles. The number of nitrogen functional groups attached to an aromatic ring is 2. The predicted molar refractivity (Wildman–Crippen MR) is 88.2 cm³/mol. The molecule has 0 spiro atoms. The van der Waals surface area contributed by atoms with E-state index in [0.29, 0.717) is 17.3 Å². The molecule has 0 fully saturated rings. The standard InChI is InChI=1S/C12H18N8O2S/c1-20(2)23(21,22)9-5-3-4-8(6-9)15-12-16-10(18-13)7-11(17-12)19-14/h3-7H,13-14H2,1-2H3,(H3,15,16,17,18,19). The van der Waals surface area contributed by atoms with Crippen molar-refractivity contribution in [3.8, 4) is 0 Å². The number of hydrogen-bond donors (Lipinski definition) is 5. The van der Waals surface area contributed by atoms with Crippen LogP contribution in [0.4, 0.5) is 23.3 Å². The fourth-order valence-corrected chi connectivity index (χ4v) is 2.67. The minimum absolute atomic E-state index is 0.151. The molecular weight excluding hydrogens is 320 g/mol. The van der Waals surface area contributed by atoms with Gasteiger partial charge < -0.3 is 16.2 Å². The van der Waals surface area contributed by atoms with Crippen molar-refractivity contribution >= 4 is 33.3 Å². The molecule has 2 aromatic rings. The molecule has 0 aliphatic heterocycles. The first-order chi connectivity index (χ1) is 10.9. The molecule has 1 aromatic carbocycles. The van der Waals surface area contributed by atoms with Crippen LogP contribution in [0.5, 0.6) is 0 Å². The molecule has 11 heteroatoms. The number of hydrazine groups is 2. The van der Waals surface area contributed by atoms with Gasteiger partial charge in [0.1, 0.15) is 11.6 Å². The van der Waals surface area contributed by atoms with Crippen molar-refractivity contribution in [3.63, 3.8) is 0 Å². The highest BCUT2D eigenvalue weighted by Crippen LogP contribution is 2.21. The van der Waals surface area contributed by atoms with Gasteiger partial charge >= 0.3 is 0 Å². The third kappa shape index (κ3) is 3.84. The minimum Gasteiger partial charge on any atom is -0.324 e. The molecule has 124 valence electrons. The van der Waals surface area contributed by atoms with E-state index < -0.39 is 10.0 Å². The lowest BCUT2D eigenvalue weighted by Gasteiger charge is -2.13. The maximum absolute atomic E-state index is 12.2. The van der Waals surface area contributed by atoms with Crippen molar-refractivity contribution in [1.82, 2.24) is 14.3 Å². The van der Waals surface area contributed by atoms with Crippen molar-refractivity contribution in [2.75, 3.05) is 30.3 Å². The lowest BCUT2D eigenvalue weighted by Crippen LogP contribution is -2.22.